The van der Waals surface area contributed by atoms with Crippen LogP contribution in [0.2, 0.25) is 5.02 Å². The Morgan fingerprint density at radius 2 is 1.74 bits per heavy atom. The molecule has 2 aliphatic rings. The Balaban J connectivity index is 1.42. The smallest absolute Gasteiger partial charge is 0.245 e. The first kappa shape index (κ1) is 18.2. The summed E-state index contributed by atoms with van der Waals surface area (Å²) >= 11 is 6.15. The Morgan fingerprint density at radius 3 is 2.48 bits per heavy atom. The topological polar surface area (TPSA) is 26.8 Å². The fourth-order valence-electron chi connectivity index (χ4n) is 4.22. The molecule has 1 saturated heterocycles. The number of hydrogen-bond donors (Lipinski definition) is 0. The second-order valence-electron chi connectivity index (χ2n) is 7.39. The minimum absolute atomic E-state index is 0.145. The number of piperazine rings is 1. The van der Waals surface area contributed by atoms with Gasteiger partial charge in [0, 0.05) is 49.1 Å². The van der Waals surface area contributed by atoms with Crippen LogP contribution in [0.4, 0.5) is 11.4 Å². The van der Waals surface area contributed by atoms with Crippen molar-refractivity contribution in [1.29, 1.82) is 0 Å². The minimum atomic E-state index is -0.145. The van der Waals surface area contributed by atoms with Gasteiger partial charge in [0.05, 0.1) is 0 Å². The first-order valence-corrected chi connectivity index (χ1v) is 10.1. The van der Waals surface area contributed by atoms with Crippen LogP contribution >= 0.6 is 11.6 Å². The van der Waals surface area contributed by atoms with Gasteiger partial charge in [-0.2, -0.15) is 0 Å². The molecule has 0 bridgehead atoms. The summed E-state index contributed by atoms with van der Waals surface area (Å²) in [5.41, 5.74) is 3.65. The van der Waals surface area contributed by atoms with E-state index in [2.05, 4.69) is 40.1 Å². The number of amides is 1. The van der Waals surface area contributed by atoms with Gasteiger partial charge in [-0.15, -0.1) is 0 Å². The van der Waals surface area contributed by atoms with Crippen LogP contribution in [0, 0.1) is 0 Å². The maximum Gasteiger partial charge on any atom is 0.245 e. The van der Waals surface area contributed by atoms with Crippen molar-refractivity contribution in [3.05, 3.63) is 59.1 Å². The van der Waals surface area contributed by atoms with Gasteiger partial charge in [-0.3, -0.25) is 4.79 Å². The number of fused-ring (bicyclic) bond motifs is 1. The summed E-state index contributed by atoms with van der Waals surface area (Å²) in [6.45, 7) is 6.28. The number of benzene rings is 2. The molecule has 0 aliphatic carbocycles. The SMILES string of the molecule is CC(C(=O)N1CCN(c2ccccc2)CC1)N1CCCc2cc(Cl)ccc21. The highest BCUT2D eigenvalue weighted by atomic mass is 35.5. The number of halogens is 1. The third-order valence-corrected chi connectivity index (χ3v) is 5.97. The molecular weight excluding hydrogens is 358 g/mol. The molecule has 0 radical (unpaired) electrons. The lowest BCUT2D eigenvalue weighted by Crippen LogP contribution is -2.55. The molecule has 4 rings (SSSR count). The maximum absolute atomic E-state index is 13.2. The molecule has 1 amide bonds. The van der Waals surface area contributed by atoms with Gasteiger partial charge in [-0.05, 0) is 55.7 Å². The monoisotopic (exact) mass is 383 g/mol. The van der Waals surface area contributed by atoms with Gasteiger partial charge >= 0.3 is 0 Å². The molecule has 1 atom stereocenters. The van der Waals surface area contributed by atoms with Crippen molar-refractivity contribution in [3.8, 4) is 0 Å². The third-order valence-electron chi connectivity index (χ3n) is 5.73. The molecule has 0 aromatic heterocycles. The second kappa shape index (κ2) is 7.81. The van der Waals surface area contributed by atoms with Crippen LogP contribution < -0.4 is 9.80 Å². The molecule has 5 heteroatoms. The lowest BCUT2D eigenvalue weighted by Gasteiger charge is -2.41. The molecule has 1 unspecified atom stereocenters. The van der Waals surface area contributed by atoms with Crippen molar-refractivity contribution < 1.29 is 4.79 Å². The zero-order chi connectivity index (χ0) is 18.8. The van der Waals surface area contributed by atoms with Gasteiger partial charge in [0.25, 0.3) is 0 Å². The van der Waals surface area contributed by atoms with Crippen LogP contribution in [0.15, 0.2) is 48.5 Å². The summed E-state index contributed by atoms with van der Waals surface area (Å²) in [6, 6.07) is 16.3. The van der Waals surface area contributed by atoms with E-state index in [4.69, 9.17) is 11.6 Å². The number of rotatable bonds is 3. The van der Waals surface area contributed by atoms with Crippen LogP contribution in [0.25, 0.3) is 0 Å². The normalized spacial score (nSPS) is 18.2. The van der Waals surface area contributed by atoms with Gasteiger partial charge in [0.15, 0.2) is 0 Å². The highest BCUT2D eigenvalue weighted by molar-refractivity contribution is 6.30. The van der Waals surface area contributed by atoms with Crippen LogP contribution in [0.1, 0.15) is 18.9 Å². The molecule has 2 aliphatic heterocycles. The van der Waals surface area contributed by atoms with Crippen molar-refractivity contribution >= 4 is 28.9 Å². The van der Waals surface area contributed by atoms with Gasteiger partial charge in [-0.1, -0.05) is 29.8 Å². The quantitative estimate of drug-likeness (QED) is 0.805. The Labute approximate surface area is 166 Å². The van der Waals surface area contributed by atoms with E-state index in [1.165, 1.54) is 11.3 Å². The molecule has 0 saturated carbocycles. The first-order chi connectivity index (χ1) is 13.1. The van der Waals surface area contributed by atoms with E-state index in [0.29, 0.717) is 0 Å². The second-order valence-corrected chi connectivity index (χ2v) is 7.83. The van der Waals surface area contributed by atoms with Gasteiger partial charge in [-0.25, -0.2) is 0 Å². The lowest BCUT2D eigenvalue weighted by atomic mass is 10.00. The standard InChI is InChI=1S/C22H26ClN3O/c1-17(26-11-5-6-18-16-19(23)9-10-21(18)26)22(27)25-14-12-24(13-15-25)20-7-3-2-4-8-20/h2-4,7-10,16-17H,5-6,11-15H2,1H3. The maximum atomic E-state index is 13.2. The van der Waals surface area contributed by atoms with Crippen molar-refractivity contribution in [2.24, 2.45) is 0 Å². The number of para-hydroxylation sites is 1. The van der Waals surface area contributed by atoms with E-state index in [0.717, 1.165) is 56.3 Å². The summed E-state index contributed by atoms with van der Waals surface area (Å²) in [5.74, 6) is 0.227. The van der Waals surface area contributed by atoms with Crippen LogP contribution in [-0.4, -0.2) is 49.6 Å². The van der Waals surface area contributed by atoms with Crippen LogP contribution in [0.5, 0.6) is 0 Å². The van der Waals surface area contributed by atoms with Crippen molar-refractivity contribution in [3.63, 3.8) is 0 Å². The minimum Gasteiger partial charge on any atom is -0.368 e. The zero-order valence-corrected chi connectivity index (χ0v) is 16.5. The first-order valence-electron chi connectivity index (χ1n) is 9.77. The highest BCUT2D eigenvalue weighted by Crippen LogP contribution is 2.31. The average molecular weight is 384 g/mol. The Hall–Kier alpha value is -2.20. The summed E-state index contributed by atoms with van der Waals surface area (Å²) in [7, 11) is 0. The number of hydrogen-bond acceptors (Lipinski definition) is 3. The van der Waals surface area contributed by atoms with Crippen molar-refractivity contribution in [2.45, 2.75) is 25.8 Å². The van der Waals surface area contributed by atoms with Gasteiger partial charge in [0.2, 0.25) is 5.91 Å². The fourth-order valence-corrected chi connectivity index (χ4v) is 4.41. The van der Waals surface area contributed by atoms with Gasteiger partial charge < -0.3 is 14.7 Å². The summed E-state index contributed by atoms with van der Waals surface area (Å²) in [4.78, 5) is 19.8. The Bertz CT molecular complexity index is 802. The highest BCUT2D eigenvalue weighted by Gasteiger charge is 2.31. The summed E-state index contributed by atoms with van der Waals surface area (Å²) in [6.07, 6.45) is 2.09. The predicted molar refractivity (Wildman–Crippen MR) is 112 cm³/mol. The molecule has 0 spiro atoms. The molecule has 4 nitrogen and oxygen atoms in total. The number of carbonyl (C=O) groups excluding carboxylic acids is 1. The molecule has 2 aromatic carbocycles. The van der Waals surface area contributed by atoms with Crippen molar-refractivity contribution in [2.75, 3.05) is 42.5 Å². The summed E-state index contributed by atoms with van der Waals surface area (Å²) in [5, 5.41) is 0.770. The molecule has 142 valence electrons. The van der Waals surface area contributed by atoms with E-state index in [1.54, 1.807) is 0 Å². The molecule has 2 heterocycles. The van der Waals surface area contributed by atoms with E-state index >= 15 is 0 Å². The van der Waals surface area contributed by atoms with Crippen molar-refractivity contribution in [1.82, 2.24) is 4.90 Å². The molecule has 1 fully saturated rings. The van der Waals surface area contributed by atoms with E-state index in [9.17, 15) is 4.79 Å². The number of nitrogens with zero attached hydrogens (tertiary/aromatic N) is 3. The number of anilines is 2. The van der Waals surface area contributed by atoms with Gasteiger partial charge in [0.1, 0.15) is 6.04 Å². The average Bonchev–Trinajstić information content (AvgIpc) is 2.73. The van der Waals surface area contributed by atoms with Crippen LogP contribution in [0.3, 0.4) is 0 Å². The molecule has 0 N–H and O–H groups in total. The molecular formula is C22H26ClN3O. The van der Waals surface area contributed by atoms with Crippen LogP contribution in [-0.2, 0) is 11.2 Å². The van der Waals surface area contributed by atoms with E-state index < -0.39 is 0 Å². The molecule has 2 aromatic rings. The fraction of sp³-hybridized carbons (Fsp3) is 0.409. The Morgan fingerprint density at radius 1 is 1.00 bits per heavy atom. The Kier molecular flexibility index (Phi) is 5.26. The summed E-state index contributed by atoms with van der Waals surface area (Å²) < 4.78 is 0. The number of aryl methyl sites for hydroxylation is 1. The van der Waals surface area contributed by atoms with E-state index in [1.807, 2.05) is 30.0 Å². The molecule has 27 heavy (non-hydrogen) atoms. The number of carbonyl (C=O) groups is 1. The largest absolute Gasteiger partial charge is 0.368 e. The van der Waals surface area contributed by atoms with E-state index in [-0.39, 0.29) is 11.9 Å². The predicted octanol–water partition coefficient (Wildman–Crippen LogP) is 3.83. The third kappa shape index (κ3) is 3.77. The lowest BCUT2D eigenvalue weighted by molar-refractivity contribution is -0.132. The zero-order valence-electron chi connectivity index (χ0n) is 15.8.